The summed E-state index contributed by atoms with van der Waals surface area (Å²) < 4.78 is 18.9. The summed E-state index contributed by atoms with van der Waals surface area (Å²) in [7, 11) is 0. The molecule has 0 amide bonds. The molecule has 1 unspecified atom stereocenters. The number of aromatic nitrogens is 1. The van der Waals surface area contributed by atoms with Gasteiger partial charge in [0.1, 0.15) is 17.7 Å². The molecular formula is C19H28FIN4OS. The van der Waals surface area contributed by atoms with Crippen LogP contribution in [0.3, 0.4) is 0 Å². The first-order valence-electron chi connectivity index (χ1n) is 8.92. The zero-order valence-electron chi connectivity index (χ0n) is 16.0. The Bertz CT molecular complexity index is 711. The molecule has 0 aliphatic carbocycles. The van der Waals surface area contributed by atoms with Gasteiger partial charge in [-0.05, 0) is 39.3 Å². The molecule has 1 heterocycles. The van der Waals surface area contributed by atoms with Gasteiger partial charge < -0.3 is 15.4 Å². The van der Waals surface area contributed by atoms with Gasteiger partial charge >= 0.3 is 0 Å². The number of ether oxygens (including phenoxy) is 1. The fraction of sp³-hybridized carbons (Fsp3) is 0.474. The monoisotopic (exact) mass is 506 g/mol. The molecule has 150 valence electrons. The number of aliphatic imine (C=N–C) groups is 1. The largest absolute Gasteiger partial charge is 0.489 e. The Balaban J connectivity index is 0.00000364. The third-order valence-corrected chi connectivity index (χ3v) is 4.54. The SMILES string of the molecule is CCNC(=NCC(C)Oc1cccc(F)c1)NCCCc1nc(C)cs1.I. The molecule has 0 aliphatic rings. The molecule has 1 aromatic heterocycles. The number of benzene rings is 1. The molecule has 0 saturated carbocycles. The van der Waals surface area contributed by atoms with E-state index in [1.54, 1.807) is 23.5 Å². The Morgan fingerprint density at radius 2 is 2.19 bits per heavy atom. The van der Waals surface area contributed by atoms with Gasteiger partial charge in [-0.25, -0.2) is 14.4 Å². The van der Waals surface area contributed by atoms with Crippen molar-refractivity contribution < 1.29 is 9.13 Å². The second kappa shape index (κ2) is 12.9. The van der Waals surface area contributed by atoms with Gasteiger partial charge in [0.25, 0.3) is 0 Å². The summed E-state index contributed by atoms with van der Waals surface area (Å²) in [6.45, 7) is 8.06. The zero-order chi connectivity index (χ0) is 18.8. The van der Waals surface area contributed by atoms with Crippen LogP contribution in [0.15, 0.2) is 34.6 Å². The summed E-state index contributed by atoms with van der Waals surface area (Å²) in [6, 6.07) is 6.16. The molecule has 2 aromatic rings. The highest BCUT2D eigenvalue weighted by molar-refractivity contribution is 14.0. The fourth-order valence-electron chi connectivity index (χ4n) is 2.34. The minimum atomic E-state index is -0.302. The lowest BCUT2D eigenvalue weighted by Crippen LogP contribution is -2.38. The highest BCUT2D eigenvalue weighted by Gasteiger charge is 2.06. The molecule has 8 heteroatoms. The number of nitrogens with zero attached hydrogens (tertiary/aromatic N) is 2. The van der Waals surface area contributed by atoms with Crippen LogP contribution in [0.1, 0.15) is 31.0 Å². The summed E-state index contributed by atoms with van der Waals surface area (Å²) in [5.74, 6) is 0.977. The summed E-state index contributed by atoms with van der Waals surface area (Å²) in [4.78, 5) is 9.01. The second-order valence-corrected chi connectivity index (χ2v) is 6.96. The molecular weight excluding hydrogens is 478 g/mol. The Kier molecular flexibility index (Phi) is 11.3. The number of thiazole rings is 1. The number of rotatable bonds is 9. The molecule has 0 fully saturated rings. The molecule has 0 bridgehead atoms. The summed E-state index contributed by atoms with van der Waals surface area (Å²) in [5.41, 5.74) is 1.08. The van der Waals surface area contributed by atoms with Crippen molar-refractivity contribution in [3.63, 3.8) is 0 Å². The Morgan fingerprint density at radius 1 is 1.37 bits per heavy atom. The van der Waals surface area contributed by atoms with Gasteiger partial charge in [-0.1, -0.05) is 6.07 Å². The van der Waals surface area contributed by atoms with Crippen LogP contribution in [0.25, 0.3) is 0 Å². The van der Waals surface area contributed by atoms with Gasteiger partial charge in [0, 0.05) is 36.7 Å². The Labute approximate surface area is 181 Å². The second-order valence-electron chi connectivity index (χ2n) is 6.02. The van der Waals surface area contributed by atoms with Crippen molar-refractivity contribution in [1.29, 1.82) is 0 Å². The van der Waals surface area contributed by atoms with Gasteiger partial charge in [-0.3, -0.25) is 0 Å². The standard InChI is InChI=1S/C19H27FN4OS.HI/c1-4-21-19(22-10-6-9-18-24-14(2)13-26-18)23-12-15(3)25-17-8-5-7-16(20)11-17;/h5,7-8,11,13,15H,4,6,9-10,12H2,1-3H3,(H2,21,22,23);1H. The average molecular weight is 506 g/mol. The maximum absolute atomic E-state index is 13.2. The lowest BCUT2D eigenvalue weighted by Gasteiger charge is -2.15. The summed E-state index contributed by atoms with van der Waals surface area (Å²) in [5, 5.41) is 9.80. The molecule has 5 nitrogen and oxygen atoms in total. The van der Waals surface area contributed by atoms with E-state index >= 15 is 0 Å². The molecule has 0 spiro atoms. The number of hydrogen-bond donors (Lipinski definition) is 2. The lowest BCUT2D eigenvalue weighted by molar-refractivity contribution is 0.229. The zero-order valence-corrected chi connectivity index (χ0v) is 19.1. The number of guanidine groups is 1. The van der Waals surface area contributed by atoms with Crippen LogP contribution >= 0.6 is 35.3 Å². The Morgan fingerprint density at radius 3 is 2.85 bits per heavy atom. The fourth-order valence-corrected chi connectivity index (χ4v) is 3.15. The highest BCUT2D eigenvalue weighted by atomic mass is 127. The minimum absolute atomic E-state index is 0. The van der Waals surface area contributed by atoms with Crippen molar-refractivity contribution in [3.05, 3.63) is 46.2 Å². The van der Waals surface area contributed by atoms with Crippen molar-refractivity contribution >= 4 is 41.3 Å². The smallest absolute Gasteiger partial charge is 0.191 e. The van der Waals surface area contributed by atoms with Gasteiger partial charge in [-0.15, -0.1) is 35.3 Å². The molecule has 1 aromatic carbocycles. The maximum Gasteiger partial charge on any atom is 0.191 e. The van der Waals surface area contributed by atoms with E-state index in [2.05, 4.69) is 26.0 Å². The van der Waals surface area contributed by atoms with E-state index in [4.69, 9.17) is 4.74 Å². The third kappa shape index (κ3) is 9.37. The van der Waals surface area contributed by atoms with E-state index < -0.39 is 0 Å². The van der Waals surface area contributed by atoms with E-state index in [0.29, 0.717) is 12.3 Å². The lowest BCUT2D eigenvalue weighted by atomic mass is 10.3. The first-order chi connectivity index (χ1) is 12.6. The van der Waals surface area contributed by atoms with E-state index in [-0.39, 0.29) is 35.9 Å². The molecule has 0 aliphatic heterocycles. The molecule has 0 saturated heterocycles. The average Bonchev–Trinajstić information content (AvgIpc) is 3.01. The number of nitrogens with one attached hydrogen (secondary N) is 2. The maximum atomic E-state index is 13.2. The predicted octanol–water partition coefficient (Wildman–Crippen LogP) is 4.16. The van der Waals surface area contributed by atoms with Crippen LogP contribution in [0, 0.1) is 12.7 Å². The van der Waals surface area contributed by atoms with Crippen molar-refractivity contribution in [2.75, 3.05) is 19.6 Å². The van der Waals surface area contributed by atoms with E-state index in [0.717, 1.165) is 37.6 Å². The normalized spacial score (nSPS) is 12.2. The van der Waals surface area contributed by atoms with Gasteiger partial charge in [-0.2, -0.15) is 0 Å². The Hall–Kier alpha value is -1.42. The van der Waals surface area contributed by atoms with Gasteiger partial charge in [0.05, 0.1) is 11.6 Å². The molecule has 27 heavy (non-hydrogen) atoms. The molecule has 0 radical (unpaired) electrons. The van der Waals surface area contributed by atoms with Crippen LogP contribution in [0.5, 0.6) is 5.75 Å². The van der Waals surface area contributed by atoms with Gasteiger partial charge in [0.2, 0.25) is 0 Å². The first-order valence-corrected chi connectivity index (χ1v) is 9.80. The molecule has 1 atom stereocenters. The van der Waals surface area contributed by atoms with Gasteiger partial charge in [0.15, 0.2) is 5.96 Å². The van der Waals surface area contributed by atoms with Crippen LogP contribution in [-0.4, -0.2) is 36.7 Å². The molecule has 2 N–H and O–H groups in total. The number of hydrogen-bond acceptors (Lipinski definition) is 4. The van der Waals surface area contributed by atoms with E-state index in [1.165, 1.54) is 17.1 Å². The van der Waals surface area contributed by atoms with Crippen LogP contribution in [-0.2, 0) is 6.42 Å². The third-order valence-electron chi connectivity index (χ3n) is 3.51. The highest BCUT2D eigenvalue weighted by Crippen LogP contribution is 2.14. The topological polar surface area (TPSA) is 58.5 Å². The summed E-state index contributed by atoms with van der Waals surface area (Å²) in [6.07, 6.45) is 1.81. The predicted molar refractivity (Wildman–Crippen MR) is 121 cm³/mol. The molecule has 2 rings (SSSR count). The summed E-state index contributed by atoms with van der Waals surface area (Å²) >= 11 is 1.71. The van der Waals surface area contributed by atoms with Crippen molar-refractivity contribution in [3.8, 4) is 5.75 Å². The van der Waals surface area contributed by atoms with E-state index in [9.17, 15) is 4.39 Å². The van der Waals surface area contributed by atoms with Crippen molar-refractivity contribution in [2.24, 2.45) is 4.99 Å². The quantitative estimate of drug-likeness (QED) is 0.232. The minimum Gasteiger partial charge on any atom is -0.489 e. The van der Waals surface area contributed by atoms with Crippen molar-refractivity contribution in [2.45, 2.75) is 39.7 Å². The number of aryl methyl sites for hydroxylation is 2. The van der Waals surface area contributed by atoms with Crippen LogP contribution in [0.2, 0.25) is 0 Å². The van der Waals surface area contributed by atoms with E-state index in [1.807, 2.05) is 20.8 Å². The number of halogens is 2. The van der Waals surface area contributed by atoms with Crippen LogP contribution in [0.4, 0.5) is 4.39 Å². The van der Waals surface area contributed by atoms with Crippen molar-refractivity contribution in [1.82, 2.24) is 15.6 Å². The first kappa shape index (κ1) is 23.6. The van der Waals surface area contributed by atoms with Crippen LogP contribution < -0.4 is 15.4 Å².